The van der Waals surface area contributed by atoms with E-state index in [-0.39, 0.29) is 6.61 Å². The molecule has 1 heterocycles. The van der Waals surface area contributed by atoms with Gasteiger partial charge in [-0.15, -0.1) is 0 Å². The van der Waals surface area contributed by atoms with E-state index in [1.807, 2.05) is 0 Å². The fraction of sp³-hybridized carbons (Fsp3) is 0.571. The van der Waals surface area contributed by atoms with Crippen molar-refractivity contribution in [1.29, 1.82) is 0 Å². The summed E-state index contributed by atoms with van der Waals surface area (Å²) in [6, 6.07) is 6.49. The third kappa shape index (κ3) is 2.61. The lowest BCUT2D eigenvalue weighted by molar-refractivity contribution is 0.177. The second-order valence-electron chi connectivity index (χ2n) is 5.34. The number of benzene rings is 1. The van der Waals surface area contributed by atoms with Crippen LogP contribution in [0.1, 0.15) is 24.0 Å². The molecule has 1 atom stereocenters. The zero-order valence-electron chi connectivity index (χ0n) is 10.7. The van der Waals surface area contributed by atoms with Gasteiger partial charge in [0.2, 0.25) is 0 Å². The zero-order chi connectivity index (χ0) is 12.5. The summed E-state index contributed by atoms with van der Waals surface area (Å²) in [4.78, 5) is 2.30. The first-order valence-electron chi connectivity index (χ1n) is 6.26. The number of hydrogen-bond acceptors (Lipinski definition) is 3. The highest BCUT2D eigenvalue weighted by atomic mass is 16.3. The Hall–Kier alpha value is -1.06. The van der Waals surface area contributed by atoms with Gasteiger partial charge >= 0.3 is 0 Å². The van der Waals surface area contributed by atoms with Crippen LogP contribution in [0.3, 0.4) is 0 Å². The van der Waals surface area contributed by atoms with Crippen LogP contribution in [0.15, 0.2) is 18.2 Å². The topological polar surface area (TPSA) is 49.5 Å². The van der Waals surface area contributed by atoms with Gasteiger partial charge in [-0.1, -0.05) is 17.7 Å². The second kappa shape index (κ2) is 4.67. The van der Waals surface area contributed by atoms with E-state index in [4.69, 9.17) is 5.73 Å². The lowest BCUT2D eigenvalue weighted by Crippen LogP contribution is -2.56. The SMILES string of the molecule is Cc1ccc(N2CCCC(N)(CO)C2)c(C)c1. The molecule has 1 aromatic carbocycles. The molecule has 0 radical (unpaired) electrons. The third-order valence-electron chi connectivity index (χ3n) is 3.62. The molecule has 0 saturated carbocycles. The van der Waals surface area contributed by atoms with E-state index >= 15 is 0 Å². The molecule has 3 nitrogen and oxygen atoms in total. The Kier molecular flexibility index (Phi) is 3.40. The molecule has 3 heteroatoms. The van der Waals surface area contributed by atoms with Crippen LogP contribution in [-0.4, -0.2) is 30.3 Å². The molecule has 3 N–H and O–H groups in total. The largest absolute Gasteiger partial charge is 0.394 e. The van der Waals surface area contributed by atoms with Gasteiger partial charge in [0.25, 0.3) is 0 Å². The van der Waals surface area contributed by atoms with Crippen LogP contribution in [0.25, 0.3) is 0 Å². The summed E-state index contributed by atoms with van der Waals surface area (Å²) < 4.78 is 0. The number of rotatable bonds is 2. The van der Waals surface area contributed by atoms with E-state index in [2.05, 4.69) is 36.9 Å². The van der Waals surface area contributed by atoms with Crippen molar-refractivity contribution >= 4 is 5.69 Å². The lowest BCUT2D eigenvalue weighted by atomic mass is 9.90. The zero-order valence-corrected chi connectivity index (χ0v) is 10.7. The van der Waals surface area contributed by atoms with E-state index in [1.54, 1.807) is 0 Å². The van der Waals surface area contributed by atoms with Crippen molar-refractivity contribution in [1.82, 2.24) is 0 Å². The summed E-state index contributed by atoms with van der Waals surface area (Å²) >= 11 is 0. The van der Waals surface area contributed by atoms with Crippen molar-refractivity contribution in [3.05, 3.63) is 29.3 Å². The van der Waals surface area contributed by atoms with Gasteiger partial charge in [-0.2, -0.15) is 0 Å². The standard InChI is InChI=1S/C14H22N2O/c1-11-4-5-13(12(2)8-11)16-7-3-6-14(15,9-16)10-17/h4-5,8,17H,3,6-7,9-10,15H2,1-2H3. The first-order chi connectivity index (χ1) is 8.04. The van der Waals surface area contributed by atoms with Gasteiger partial charge in [-0.25, -0.2) is 0 Å². The molecule has 17 heavy (non-hydrogen) atoms. The highest BCUT2D eigenvalue weighted by Gasteiger charge is 2.31. The average Bonchev–Trinajstić information content (AvgIpc) is 2.29. The van der Waals surface area contributed by atoms with Crippen molar-refractivity contribution < 1.29 is 5.11 Å². The van der Waals surface area contributed by atoms with Crippen LogP contribution in [-0.2, 0) is 0 Å². The van der Waals surface area contributed by atoms with Crippen molar-refractivity contribution in [2.75, 3.05) is 24.6 Å². The second-order valence-corrected chi connectivity index (χ2v) is 5.34. The van der Waals surface area contributed by atoms with E-state index in [1.165, 1.54) is 16.8 Å². The summed E-state index contributed by atoms with van der Waals surface area (Å²) in [6.07, 6.45) is 1.95. The van der Waals surface area contributed by atoms with Crippen LogP contribution in [0.2, 0.25) is 0 Å². The Morgan fingerprint density at radius 2 is 2.18 bits per heavy atom. The van der Waals surface area contributed by atoms with Gasteiger partial charge in [0, 0.05) is 18.8 Å². The average molecular weight is 234 g/mol. The van der Waals surface area contributed by atoms with E-state index in [0.29, 0.717) is 0 Å². The van der Waals surface area contributed by atoms with Crippen LogP contribution >= 0.6 is 0 Å². The molecule has 1 aromatic rings. The summed E-state index contributed by atoms with van der Waals surface area (Å²) in [7, 11) is 0. The van der Waals surface area contributed by atoms with Gasteiger partial charge in [-0.3, -0.25) is 0 Å². The van der Waals surface area contributed by atoms with Gasteiger partial charge in [0.15, 0.2) is 0 Å². The lowest BCUT2D eigenvalue weighted by Gasteiger charge is -2.41. The fourth-order valence-corrected chi connectivity index (χ4v) is 2.66. The number of hydrogen-bond donors (Lipinski definition) is 2. The Balaban J connectivity index is 2.22. The van der Waals surface area contributed by atoms with Crippen LogP contribution in [0, 0.1) is 13.8 Å². The fourth-order valence-electron chi connectivity index (χ4n) is 2.66. The van der Waals surface area contributed by atoms with Crippen LogP contribution < -0.4 is 10.6 Å². The smallest absolute Gasteiger partial charge is 0.0628 e. The summed E-state index contributed by atoms with van der Waals surface area (Å²) in [6.45, 7) is 6.08. The predicted octanol–water partition coefficient (Wildman–Crippen LogP) is 1.59. The molecule has 0 amide bonds. The van der Waals surface area contributed by atoms with Crippen LogP contribution in [0.4, 0.5) is 5.69 Å². The van der Waals surface area contributed by atoms with Crippen molar-refractivity contribution in [2.45, 2.75) is 32.2 Å². The molecule has 0 spiro atoms. The minimum Gasteiger partial charge on any atom is -0.394 e. The van der Waals surface area contributed by atoms with Gasteiger partial charge in [0.05, 0.1) is 12.1 Å². The summed E-state index contributed by atoms with van der Waals surface area (Å²) in [5, 5.41) is 9.38. The number of nitrogens with zero attached hydrogens (tertiary/aromatic N) is 1. The Morgan fingerprint density at radius 3 is 2.82 bits per heavy atom. The quantitative estimate of drug-likeness (QED) is 0.817. The summed E-state index contributed by atoms with van der Waals surface area (Å²) in [5.74, 6) is 0. The molecule has 94 valence electrons. The minimum atomic E-state index is -0.435. The predicted molar refractivity (Wildman–Crippen MR) is 71.4 cm³/mol. The van der Waals surface area contributed by atoms with Gasteiger partial charge in [0.1, 0.15) is 0 Å². The first-order valence-corrected chi connectivity index (χ1v) is 6.26. The number of aliphatic hydroxyl groups is 1. The number of piperidine rings is 1. The molecule has 1 aliphatic rings. The Labute approximate surface area is 103 Å². The number of aliphatic hydroxyl groups excluding tert-OH is 1. The van der Waals surface area contributed by atoms with E-state index in [9.17, 15) is 5.11 Å². The molecule has 1 aliphatic heterocycles. The van der Waals surface area contributed by atoms with Crippen molar-refractivity contribution in [2.24, 2.45) is 5.73 Å². The molecule has 1 saturated heterocycles. The molecule has 2 rings (SSSR count). The number of nitrogens with two attached hydrogens (primary N) is 1. The molecule has 1 fully saturated rings. The maximum atomic E-state index is 9.38. The Morgan fingerprint density at radius 1 is 1.41 bits per heavy atom. The summed E-state index contributed by atoms with van der Waals surface area (Å²) in [5.41, 5.74) is 9.55. The number of aryl methyl sites for hydroxylation is 2. The maximum Gasteiger partial charge on any atom is 0.0628 e. The molecular weight excluding hydrogens is 212 g/mol. The van der Waals surface area contributed by atoms with Crippen molar-refractivity contribution in [3.63, 3.8) is 0 Å². The van der Waals surface area contributed by atoms with Crippen LogP contribution in [0.5, 0.6) is 0 Å². The van der Waals surface area contributed by atoms with Gasteiger partial charge < -0.3 is 15.7 Å². The molecule has 0 aromatic heterocycles. The Bertz CT molecular complexity index is 405. The molecular formula is C14H22N2O. The number of anilines is 1. The van der Waals surface area contributed by atoms with E-state index < -0.39 is 5.54 Å². The highest BCUT2D eigenvalue weighted by molar-refractivity contribution is 5.55. The minimum absolute atomic E-state index is 0.0639. The van der Waals surface area contributed by atoms with Crippen molar-refractivity contribution in [3.8, 4) is 0 Å². The third-order valence-corrected chi connectivity index (χ3v) is 3.62. The normalized spacial score (nSPS) is 25.1. The molecule has 0 bridgehead atoms. The molecule has 1 unspecified atom stereocenters. The first kappa shape index (κ1) is 12.4. The monoisotopic (exact) mass is 234 g/mol. The maximum absolute atomic E-state index is 9.38. The highest BCUT2D eigenvalue weighted by Crippen LogP contribution is 2.27. The molecule has 0 aliphatic carbocycles. The van der Waals surface area contributed by atoms with Gasteiger partial charge in [-0.05, 0) is 38.3 Å². The van der Waals surface area contributed by atoms with E-state index in [0.717, 1.165) is 25.9 Å².